The fraction of sp³-hybridized carbons (Fsp3) is 0.429. The second kappa shape index (κ2) is 5.65. The van der Waals surface area contributed by atoms with E-state index in [1.165, 1.54) is 7.11 Å². The normalized spacial score (nSPS) is 23.8. The Kier molecular flexibility index (Phi) is 4.17. The van der Waals surface area contributed by atoms with Crippen molar-refractivity contribution in [1.29, 1.82) is 0 Å². The van der Waals surface area contributed by atoms with Gasteiger partial charge in [0, 0.05) is 23.2 Å². The summed E-state index contributed by atoms with van der Waals surface area (Å²) in [5.41, 5.74) is 1.03. The summed E-state index contributed by atoms with van der Waals surface area (Å²) in [5.74, 6) is -0.237. The Labute approximate surface area is 115 Å². The maximum Gasteiger partial charge on any atom is 0.309 e. The molecule has 1 fully saturated rings. The highest BCUT2D eigenvalue weighted by Crippen LogP contribution is 2.37. The van der Waals surface area contributed by atoms with Crippen LogP contribution in [0.2, 0.25) is 0 Å². The molecule has 0 aromatic heterocycles. The van der Waals surface area contributed by atoms with Gasteiger partial charge < -0.3 is 4.74 Å². The minimum atomic E-state index is -0.213. The molecule has 18 heavy (non-hydrogen) atoms. The molecule has 1 unspecified atom stereocenters. The van der Waals surface area contributed by atoms with Crippen LogP contribution in [0, 0.1) is 5.92 Å². The maximum absolute atomic E-state index is 11.8. The molecule has 1 aliphatic rings. The van der Waals surface area contributed by atoms with Crippen molar-refractivity contribution in [2.75, 3.05) is 7.11 Å². The van der Waals surface area contributed by atoms with Crippen molar-refractivity contribution in [3.8, 4) is 0 Å². The van der Waals surface area contributed by atoms with E-state index in [0.29, 0.717) is 19.3 Å². The third-order valence-corrected chi connectivity index (χ3v) is 4.00. The molecule has 1 aromatic rings. The van der Waals surface area contributed by atoms with Crippen molar-refractivity contribution < 1.29 is 14.3 Å². The van der Waals surface area contributed by atoms with Crippen LogP contribution in [0.4, 0.5) is 0 Å². The number of halogens is 1. The first-order chi connectivity index (χ1) is 8.61. The number of rotatable bonds is 2. The molecule has 0 N–H and O–H groups in total. The van der Waals surface area contributed by atoms with Gasteiger partial charge in [-0.05, 0) is 24.1 Å². The first kappa shape index (κ1) is 13.3. The number of carbonyl (C=O) groups excluding carboxylic acids is 2. The molecule has 3 nitrogen and oxygen atoms in total. The molecular weight excluding hydrogens is 296 g/mol. The van der Waals surface area contributed by atoms with Gasteiger partial charge in [-0.1, -0.05) is 28.1 Å². The van der Waals surface area contributed by atoms with E-state index < -0.39 is 0 Å². The van der Waals surface area contributed by atoms with Gasteiger partial charge in [-0.25, -0.2) is 0 Å². The predicted molar refractivity (Wildman–Crippen MR) is 71.2 cm³/mol. The zero-order chi connectivity index (χ0) is 13.1. The summed E-state index contributed by atoms with van der Waals surface area (Å²) in [4.78, 5) is 23.4. The van der Waals surface area contributed by atoms with Gasteiger partial charge >= 0.3 is 5.97 Å². The van der Waals surface area contributed by atoms with Crippen LogP contribution in [0.1, 0.15) is 30.7 Å². The van der Waals surface area contributed by atoms with Crippen LogP contribution in [-0.2, 0) is 14.3 Å². The molecule has 0 bridgehead atoms. The lowest BCUT2D eigenvalue weighted by molar-refractivity contribution is -0.147. The summed E-state index contributed by atoms with van der Waals surface area (Å²) in [6, 6.07) is 7.79. The summed E-state index contributed by atoms with van der Waals surface area (Å²) >= 11 is 3.38. The molecule has 0 spiro atoms. The zero-order valence-corrected chi connectivity index (χ0v) is 11.8. The molecule has 0 amide bonds. The number of methoxy groups -OCH3 is 1. The Morgan fingerprint density at radius 1 is 1.33 bits per heavy atom. The van der Waals surface area contributed by atoms with Crippen molar-refractivity contribution >= 4 is 27.7 Å². The van der Waals surface area contributed by atoms with E-state index in [-0.39, 0.29) is 23.6 Å². The first-order valence-electron chi connectivity index (χ1n) is 5.97. The minimum Gasteiger partial charge on any atom is -0.469 e. The summed E-state index contributed by atoms with van der Waals surface area (Å²) in [6.07, 6.45) is 1.50. The van der Waals surface area contributed by atoms with Crippen LogP contribution >= 0.6 is 15.9 Å². The van der Waals surface area contributed by atoms with Crippen LogP contribution in [-0.4, -0.2) is 18.9 Å². The largest absolute Gasteiger partial charge is 0.469 e. The lowest BCUT2D eigenvalue weighted by atomic mass is 9.75. The minimum absolute atomic E-state index is 0.0493. The van der Waals surface area contributed by atoms with Crippen molar-refractivity contribution in [2.45, 2.75) is 25.2 Å². The van der Waals surface area contributed by atoms with Crippen LogP contribution < -0.4 is 0 Å². The molecule has 0 heterocycles. The molecule has 0 aliphatic heterocycles. The predicted octanol–water partition coefficient (Wildman–Crippen LogP) is 3.07. The average molecular weight is 311 g/mol. The topological polar surface area (TPSA) is 43.4 Å². The first-order valence-corrected chi connectivity index (χ1v) is 6.76. The molecule has 1 saturated carbocycles. The van der Waals surface area contributed by atoms with Gasteiger partial charge in [0.1, 0.15) is 5.78 Å². The van der Waals surface area contributed by atoms with Crippen LogP contribution in [0.3, 0.4) is 0 Å². The third-order valence-electron chi connectivity index (χ3n) is 3.47. The molecule has 0 saturated heterocycles. The molecule has 4 heteroatoms. The van der Waals surface area contributed by atoms with Gasteiger partial charge in [0.25, 0.3) is 0 Å². The number of ether oxygens (including phenoxy) is 1. The number of carbonyl (C=O) groups is 2. The highest BCUT2D eigenvalue weighted by atomic mass is 79.9. The van der Waals surface area contributed by atoms with E-state index in [1.807, 2.05) is 24.3 Å². The van der Waals surface area contributed by atoms with E-state index >= 15 is 0 Å². The molecule has 0 radical (unpaired) electrons. The van der Waals surface area contributed by atoms with E-state index in [0.717, 1.165) is 10.0 Å². The Balaban J connectivity index is 2.27. The Morgan fingerprint density at radius 2 is 2.00 bits per heavy atom. The molecule has 96 valence electrons. The standard InChI is InChI=1S/C14H15BrO3/c1-18-14(17)12-7-6-11(16)8-13(12)9-2-4-10(15)5-3-9/h2-5,12-13H,6-8H2,1H3/t12-,13?/m1/s1. The molecular formula is C14H15BrO3. The molecule has 1 aromatic carbocycles. The lowest BCUT2D eigenvalue weighted by Gasteiger charge is -2.29. The number of ketones is 1. The second-order valence-electron chi connectivity index (χ2n) is 4.57. The van der Waals surface area contributed by atoms with Crippen LogP contribution in [0.15, 0.2) is 28.7 Å². The maximum atomic E-state index is 11.8. The van der Waals surface area contributed by atoms with Crippen molar-refractivity contribution in [2.24, 2.45) is 5.92 Å². The lowest BCUT2D eigenvalue weighted by Crippen LogP contribution is -2.30. The third kappa shape index (κ3) is 2.80. The van der Waals surface area contributed by atoms with Crippen molar-refractivity contribution in [3.05, 3.63) is 34.3 Å². The quantitative estimate of drug-likeness (QED) is 0.788. The number of hydrogen-bond acceptors (Lipinski definition) is 3. The molecule has 2 atom stereocenters. The Morgan fingerprint density at radius 3 is 2.61 bits per heavy atom. The summed E-state index contributed by atoms with van der Waals surface area (Å²) < 4.78 is 5.83. The highest BCUT2D eigenvalue weighted by molar-refractivity contribution is 9.10. The van der Waals surface area contributed by atoms with E-state index in [9.17, 15) is 9.59 Å². The molecule has 1 aliphatic carbocycles. The Bertz CT molecular complexity index is 453. The van der Waals surface area contributed by atoms with Crippen molar-refractivity contribution in [3.63, 3.8) is 0 Å². The summed E-state index contributed by atoms with van der Waals surface area (Å²) in [6.45, 7) is 0. The van der Waals surface area contributed by atoms with Crippen molar-refractivity contribution in [1.82, 2.24) is 0 Å². The Hall–Kier alpha value is -1.16. The number of hydrogen-bond donors (Lipinski definition) is 0. The summed E-state index contributed by atoms with van der Waals surface area (Å²) in [7, 11) is 1.40. The van der Waals surface area contributed by atoms with Gasteiger partial charge in [-0.15, -0.1) is 0 Å². The fourth-order valence-corrected chi connectivity index (χ4v) is 2.77. The van der Waals surface area contributed by atoms with Gasteiger partial charge in [-0.2, -0.15) is 0 Å². The smallest absolute Gasteiger partial charge is 0.309 e. The van der Waals surface area contributed by atoms with Gasteiger partial charge in [-0.3, -0.25) is 9.59 Å². The summed E-state index contributed by atoms with van der Waals surface area (Å²) in [5, 5.41) is 0. The SMILES string of the molecule is COC(=O)[C@@H]1CCC(=O)CC1c1ccc(Br)cc1. The average Bonchev–Trinajstić information content (AvgIpc) is 2.38. The second-order valence-corrected chi connectivity index (χ2v) is 5.48. The monoisotopic (exact) mass is 310 g/mol. The van der Waals surface area contributed by atoms with Gasteiger partial charge in [0.2, 0.25) is 0 Å². The van der Waals surface area contributed by atoms with Crippen LogP contribution in [0.5, 0.6) is 0 Å². The van der Waals surface area contributed by atoms with E-state index in [4.69, 9.17) is 4.74 Å². The van der Waals surface area contributed by atoms with Gasteiger partial charge in [0.05, 0.1) is 13.0 Å². The number of benzene rings is 1. The number of esters is 1. The van der Waals surface area contributed by atoms with E-state index in [2.05, 4.69) is 15.9 Å². The fourth-order valence-electron chi connectivity index (χ4n) is 2.50. The number of Topliss-reactive ketones (excluding diaryl/α,β-unsaturated/α-hetero) is 1. The molecule has 2 rings (SSSR count). The van der Waals surface area contributed by atoms with Gasteiger partial charge in [0.15, 0.2) is 0 Å². The highest BCUT2D eigenvalue weighted by Gasteiger charge is 2.35. The zero-order valence-electron chi connectivity index (χ0n) is 10.2. The van der Waals surface area contributed by atoms with E-state index in [1.54, 1.807) is 0 Å². The van der Waals surface area contributed by atoms with Crippen LogP contribution in [0.25, 0.3) is 0 Å².